The molecular formula is C30H30N4O5. The van der Waals surface area contributed by atoms with E-state index in [1.54, 1.807) is 31.5 Å². The first-order chi connectivity index (χ1) is 18.9. The number of nitrogens with zero attached hydrogens (tertiary/aromatic N) is 2. The SMILES string of the molecule is CCOC(=O)C1=C(Nc2ccc(C#CCN3CCC(O)CC3)cc2C)OC(=Cc2c[nH]c3ncccc23)C1=O. The number of Topliss-reactive ketones (excluding diaryl/α,β-unsaturated/α-hetero) is 1. The van der Waals surface area contributed by atoms with Gasteiger partial charge >= 0.3 is 5.97 Å². The number of aryl methyl sites for hydroxylation is 1. The lowest BCUT2D eigenvalue weighted by atomic mass is 10.1. The Bertz CT molecular complexity index is 1530. The number of hydrogen-bond acceptors (Lipinski definition) is 8. The number of piperidine rings is 1. The molecule has 0 bridgehead atoms. The molecule has 0 unspecified atom stereocenters. The van der Waals surface area contributed by atoms with Gasteiger partial charge in [0.05, 0.1) is 19.3 Å². The van der Waals surface area contributed by atoms with E-state index < -0.39 is 11.8 Å². The molecule has 1 saturated heterocycles. The summed E-state index contributed by atoms with van der Waals surface area (Å²) >= 11 is 0. The minimum absolute atomic E-state index is 0.00989. The van der Waals surface area contributed by atoms with E-state index in [1.165, 1.54) is 0 Å². The quantitative estimate of drug-likeness (QED) is 0.193. The predicted molar refractivity (Wildman–Crippen MR) is 147 cm³/mol. The van der Waals surface area contributed by atoms with E-state index in [-0.39, 0.29) is 29.9 Å². The van der Waals surface area contributed by atoms with Crippen LogP contribution in [0.15, 0.2) is 59.9 Å². The van der Waals surface area contributed by atoms with Crippen molar-refractivity contribution in [1.82, 2.24) is 14.9 Å². The molecule has 0 amide bonds. The van der Waals surface area contributed by atoms with E-state index in [9.17, 15) is 14.7 Å². The second-order valence-electron chi connectivity index (χ2n) is 9.47. The molecule has 0 radical (unpaired) electrons. The highest BCUT2D eigenvalue weighted by Crippen LogP contribution is 2.31. The van der Waals surface area contributed by atoms with Gasteiger partial charge in [0.2, 0.25) is 11.7 Å². The zero-order valence-corrected chi connectivity index (χ0v) is 21.9. The summed E-state index contributed by atoms with van der Waals surface area (Å²) in [4.78, 5) is 35.5. The number of benzene rings is 1. The summed E-state index contributed by atoms with van der Waals surface area (Å²) < 4.78 is 11.0. The number of carbonyl (C=O) groups excluding carboxylic acids is 2. The van der Waals surface area contributed by atoms with Crippen molar-refractivity contribution in [2.75, 3.05) is 31.6 Å². The third-order valence-corrected chi connectivity index (χ3v) is 6.71. The third-order valence-electron chi connectivity index (χ3n) is 6.71. The average Bonchev–Trinajstić information content (AvgIpc) is 3.47. The van der Waals surface area contributed by atoms with Gasteiger partial charge < -0.3 is 24.9 Å². The molecule has 1 aromatic carbocycles. The maximum Gasteiger partial charge on any atom is 0.347 e. The van der Waals surface area contributed by atoms with Crippen LogP contribution in [0.4, 0.5) is 5.69 Å². The lowest BCUT2D eigenvalue weighted by Crippen LogP contribution is -2.35. The number of aliphatic hydroxyl groups is 1. The molecule has 9 heteroatoms. The Labute approximate surface area is 226 Å². The molecule has 0 aliphatic carbocycles. The van der Waals surface area contributed by atoms with Crippen LogP contribution in [0.3, 0.4) is 0 Å². The second kappa shape index (κ2) is 11.6. The van der Waals surface area contributed by atoms with E-state index in [1.807, 2.05) is 31.2 Å². The summed E-state index contributed by atoms with van der Waals surface area (Å²) in [6, 6.07) is 9.34. The van der Waals surface area contributed by atoms with Gasteiger partial charge in [-0.3, -0.25) is 9.69 Å². The molecular weight excluding hydrogens is 496 g/mol. The number of esters is 1. The number of aromatic nitrogens is 2. The van der Waals surface area contributed by atoms with E-state index in [2.05, 4.69) is 32.0 Å². The first kappa shape index (κ1) is 26.2. The van der Waals surface area contributed by atoms with Crippen molar-refractivity contribution in [2.45, 2.75) is 32.8 Å². The topological polar surface area (TPSA) is 117 Å². The Hall–Kier alpha value is -4.39. The van der Waals surface area contributed by atoms with Gasteiger partial charge in [0.1, 0.15) is 5.65 Å². The smallest absolute Gasteiger partial charge is 0.347 e. The van der Waals surface area contributed by atoms with Crippen molar-refractivity contribution in [1.29, 1.82) is 0 Å². The van der Waals surface area contributed by atoms with Gasteiger partial charge in [-0.25, -0.2) is 9.78 Å². The molecule has 39 heavy (non-hydrogen) atoms. The molecule has 2 aromatic heterocycles. The molecule has 3 aromatic rings. The van der Waals surface area contributed by atoms with Crippen LogP contribution < -0.4 is 5.32 Å². The summed E-state index contributed by atoms with van der Waals surface area (Å²) in [6.07, 6.45) is 6.36. The van der Waals surface area contributed by atoms with Crippen molar-refractivity contribution < 1.29 is 24.2 Å². The summed E-state index contributed by atoms with van der Waals surface area (Å²) in [5, 5.41) is 13.6. The number of ketones is 1. The Balaban J connectivity index is 1.35. The van der Waals surface area contributed by atoms with Crippen LogP contribution in [-0.2, 0) is 19.1 Å². The number of allylic oxidation sites excluding steroid dienone is 1. The minimum Gasteiger partial charge on any atom is -0.462 e. The lowest BCUT2D eigenvalue weighted by Gasteiger charge is -2.27. The number of likely N-dealkylation sites (tertiary alicyclic amines) is 1. The van der Waals surface area contributed by atoms with Crippen LogP contribution in [0.25, 0.3) is 17.1 Å². The molecule has 0 atom stereocenters. The average molecular weight is 527 g/mol. The van der Waals surface area contributed by atoms with Crippen LogP contribution in [-0.4, -0.2) is 64.1 Å². The number of aliphatic hydroxyl groups excluding tert-OH is 1. The minimum atomic E-state index is -0.751. The number of rotatable bonds is 6. The van der Waals surface area contributed by atoms with Crippen molar-refractivity contribution in [3.05, 3.63) is 76.6 Å². The molecule has 3 N–H and O–H groups in total. The van der Waals surface area contributed by atoms with Gasteiger partial charge in [-0.2, -0.15) is 0 Å². The predicted octanol–water partition coefficient (Wildman–Crippen LogP) is 3.51. The first-order valence-corrected chi connectivity index (χ1v) is 13.0. The van der Waals surface area contributed by atoms with Crippen LogP contribution in [0, 0.1) is 18.8 Å². The first-order valence-electron chi connectivity index (χ1n) is 13.0. The molecule has 2 aliphatic heterocycles. The number of pyridine rings is 1. The van der Waals surface area contributed by atoms with E-state index in [0.717, 1.165) is 42.4 Å². The highest BCUT2D eigenvalue weighted by Gasteiger charge is 2.37. The number of hydrogen-bond donors (Lipinski definition) is 3. The van der Waals surface area contributed by atoms with E-state index in [0.29, 0.717) is 23.4 Å². The van der Waals surface area contributed by atoms with Crippen molar-refractivity contribution in [3.8, 4) is 11.8 Å². The number of anilines is 1. The largest absolute Gasteiger partial charge is 0.462 e. The Morgan fingerprint density at radius 2 is 2.15 bits per heavy atom. The number of carbonyl (C=O) groups is 2. The molecule has 5 rings (SSSR count). The Kier molecular flexibility index (Phi) is 7.77. The molecule has 0 saturated carbocycles. The van der Waals surface area contributed by atoms with Crippen molar-refractivity contribution >= 4 is 34.5 Å². The monoisotopic (exact) mass is 526 g/mol. The maximum absolute atomic E-state index is 13.2. The number of ether oxygens (including phenoxy) is 2. The van der Waals surface area contributed by atoms with Gasteiger partial charge in [-0.1, -0.05) is 11.8 Å². The second-order valence-corrected chi connectivity index (χ2v) is 9.47. The molecule has 2 aliphatic rings. The third kappa shape index (κ3) is 5.87. The van der Waals surface area contributed by atoms with Gasteiger partial charge in [0, 0.05) is 47.7 Å². The van der Waals surface area contributed by atoms with Crippen LogP contribution in [0.1, 0.15) is 36.5 Å². The standard InChI is InChI=1S/C30H30N4O5/c1-3-38-30(37)26-27(36)25(17-21-18-32-28-23(21)7-4-12-31-28)39-29(26)33-24-9-8-20(16-19(24)2)6-5-13-34-14-10-22(35)11-15-34/h4,7-9,12,16-18,22,33,35H,3,10-11,13-15H2,1-2H3,(H,31,32). The van der Waals surface area contributed by atoms with Crippen LogP contribution >= 0.6 is 0 Å². The van der Waals surface area contributed by atoms with E-state index in [4.69, 9.17) is 9.47 Å². The van der Waals surface area contributed by atoms with Gasteiger partial charge in [0.25, 0.3) is 0 Å². The number of fused-ring (bicyclic) bond motifs is 1. The number of H-pyrrole nitrogens is 1. The lowest BCUT2D eigenvalue weighted by molar-refractivity contribution is -0.139. The summed E-state index contributed by atoms with van der Waals surface area (Å²) in [5.74, 6) is 5.13. The molecule has 4 heterocycles. The fourth-order valence-electron chi connectivity index (χ4n) is 4.58. The fourth-order valence-corrected chi connectivity index (χ4v) is 4.58. The number of aromatic amines is 1. The summed E-state index contributed by atoms with van der Waals surface area (Å²) in [5.41, 5.74) is 3.61. The highest BCUT2D eigenvalue weighted by molar-refractivity contribution is 6.26. The molecule has 9 nitrogen and oxygen atoms in total. The maximum atomic E-state index is 13.2. The Morgan fingerprint density at radius 3 is 2.92 bits per heavy atom. The number of nitrogens with one attached hydrogen (secondary N) is 2. The summed E-state index contributed by atoms with van der Waals surface area (Å²) in [6.45, 7) is 6.07. The van der Waals surface area contributed by atoms with Gasteiger partial charge in [0.15, 0.2) is 11.3 Å². The van der Waals surface area contributed by atoms with Crippen LogP contribution in [0.5, 0.6) is 0 Å². The normalized spacial score (nSPS) is 17.3. The van der Waals surface area contributed by atoms with E-state index >= 15 is 0 Å². The van der Waals surface area contributed by atoms with Crippen LogP contribution in [0.2, 0.25) is 0 Å². The molecule has 200 valence electrons. The zero-order chi connectivity index (χ0) is 27.4. The zero-order valence-electron chi connectivity index (χ0n) is 21.9. The van der Waals surface area contributed by atoms with Gasteiger partial charge in [-0.15, -0.1) is 0 Å². The Morgan fingerprint density at radius 1 is 1.33 bits per heavy atom. The van der Waals surface area contributed by atoms with Crippen molar-refractivity contribution in [3.63, 3.8) is 0 Å². The molecule has 1 fully saturated rings. The summed E-state index contributed by atoms with van der Waals surface area (Å²) in [7, 11) is 0. The highest BCUT2D eigenvalue weighted by atomic mass is 16.5. The van der Waals surface area contributed by atoms with Crippen molar-refractivity contribution in [2.24, 2.45) is 0 Å². The fraction of sp³-hybridized carbons (Fsp3) is 0.300. The molecule has 0 spiro atoms. The van der Waals surface area contributed by atoms with Gasteiger partial charge in [-0.05, 0) is 68.7 Å².